The summed E-state index contributed by atoms with van der Waals surface area (Å²) in [6, 6.07) is 11.0. The van der Waals surface area contributed by atoms with E-state index in [1.165, 1.54) is 12.1 Å². The Balaban J connectivity index is 1.92. The lowest BCUT2D eigenvalue weighted by molar-refractivity contribution is -0.143. The van der Waals surface area contributed by atoms with Crippen LogP contribution >= 0.6 is 11.3 Å². The number of thiazole rings is 1. The number of nitrogens with zero attached hydrogens (tertiary/aromatic N) is 2. The van der Waals surface area contributed by atoms with Crippen molar-refractivity contribution in [2.24, 2.45) is 4.99 Å². The van der Waals surface area contributed by atoms with Gasteiger partial charge in [-0.1, -0.05) is 24.7 Å². The van der Waals surface area contributed by atoms with E-state index in [9.17, 15) is 14.0 Å². The second kappa shape index (κ2) is 10.2. The molecular weight excluding hydrogens is 407 g/mol. The molecular formula is C22H23FN2O4S. The third kappa shape index (κ3) is 5.33. The molecule has 0 aliphatic rings. The van der Waals surface area contributed by atoms with Gasteiger partial charge in [0.05, 0.1) is 23.4 Å². The number of benzene rings is 2. The van der Waals surface area contributed by atoms with E-state index >= 15 is 0 Å². The number of esters is 1. The van der Waals surface area contributed by atoms with Crippen LogP contribution in [0.25, 0.3) is 10.2 Å². The Morgan fingerprint density at radius 1 is 1.13 bits per heavy atom. The lowest BCUT2D eigenvalue weighted by Crippen LogP contribution is -2.23. The maximum Gasteiger partial charge on any atom is 0.326 e. The number of aromatic nitrogens is 1. The summed E-state index contributed by atoms with van der Waals surface area (Å²) in [6.07, 6.45) is 2.00. The minimum absolute atomic E-state index is 0.115. The van der Waals surface area contributed by atoms with Crippen molar-refractivity contribution in [3.8, 4) is 5.75 Å². The topological polar surface area (TPSA) is 69.9 Å². The van der Waals surface area contributed by atoms with Gasteiger partial charge in [0.15, 0.2) is 4.80 Å². The quantitative estimate of drug-likeness (QED) is 0.394. The third-order valence-electron chi connectivity index (χ3n) is 4.30. The van der Waals surface area contributed by atoms with Crippen LogP contribution in [-0.2, 0) is 16.1 Å². The number of fused-ring (bicyclic) bond motifs is 1. The molecule has 3 aromatic rings. The smallest absolute Gasteiger partial charge is 0.326 e. The summed E-state index contributed by atoms with van der Waals surface area (Å²) in [5.41, 5.74) is 1.00. The van der Waals surface area contributed by atoms with E-state index in [4.69, 9.17) is 9.47 Å². The van der Waals surface area contributed by atoms with Gasteiger partial charge < -0.3 is 14.0 Å². The van der Waals surface area contributed by atoms with Crippen molar-refractivity contribution in [1.29, 1.82) is 0 Å². The van der Waals surface area contributed by atoms with E-state index in [0.29, 0.717) is 32.9 Å². The molecule has 6 nitrogen and oxygen atoms in total. The lowest BCUT2D eigenvalue weighted by Gasteiger charge is -2.06. The molecule has 30 heavy (non-hydrogen) atoms. The minimum atomic E-state index is -0.459. The number of ether oxygens (including phenoxy) is 2. The Morgan fingerprint density at radius 3 is 2.60 bits per heavy atom. The number of carbonyl (C=O) groups is 2. The molecule has 0 atom stereocenters. The van der Waals surface area contributed by atoms with Crippen LogP contribution in [-0.4, -0.2) is 29.7 Å². The Kier molecular flexibility index (Phi) is 7.35. The fourth-order valence-corrected chi connectivity index (χ4v) is 3.85. The molecule has 3 rings (SSSR count). The van der Waals surface area contributed by atoms with Crippen LogP contribution in [0.5, 0.6) is 5.75 Å². The van der Waals surface area contributed by atoms with Crippen LogP contribution in [0.1, 0.15) is 37.0 Å². The molecule has 0 N–H and O–H groups in total. The van der Waals surface area contributed by atoms with E-state index in [-0.39, 0.29) is 13.2 Å². The summed E-state index contributed by atoms with van der Waals surface area (Å²) in [4.78, 5) is 29.2. The number of unbranched alkanes of at least 4 members (excludes halogenated alkanes) is 1. The first-order valence-electron chi connectivity index (χ1n) is 9.78. The molecule has 158 valence electrons. The summed E-state index contributed by atoms with van der Waals surface area (Å²) in [6.45, 7) is 4.56. The van der Waals surface area contributed by atoms with Gasteiger partial charge in [-0.05, 0) is 55.8 Å². The van der Waals surface area contributed by atoms with Gasteiger partial charge >= 0.3 is 5.97 Å². The molecule has 0 aliphatic carbocycles. The second-order valence-corrected chi connectivity index (χ2v) is 7.54. The first-order valence-corrected chi connectivity index (χ1v) is 10.6. The highest BCUT2D eigenvalue weighted by molar-refractivity contribution is 7.16. The molecule has 0 unspecified atom stereocenters. The van der Waals surface area contributed by atoms with Gasteiger partial charge in [-0.3, -0.25) is 9.59 Å². The van der Waals surface area contributed by atoms with Crippen molar-refractivity contribution in [2.75, 3.05) is 13.2 Å². The maximum atomic E-state index is 13.6. The average Bonchev–Trinajstić information content (AvgIpc) is 3.04. The summed E-state index contributed by atoms with van der Waals surface area (Å²) >= 11 is 1.14. The molecule has 0 aliphatic heterocycles. The molecule has 0 spiro atoms. The molecule has 0 saturated heterocycles. The van der Waals surface area contributed by atoms with E-state index in [1.807, 2.05) is 0 Å². The number of hydrogen-bond acceptors (Lipinski definition) is 5. The van der Waals surface area contributed by atoms with Crippen LogP contribution in [0.15, 0.2) is 47.5 Å². The molecule has 0 bridgehead atoms. The predicted octanol–water partition coefficient (Wildman–Crippen LogP) is 4.33. The van der Waals surface area contributed by atoms with Gasteiger partial charge in [0.2, 0.25) is 0 Å². The van der Waals surface area contributed by atoms with Gasteiger partial charge in [0.1, 0.15) is 18.1 Å². The molecule has 1 amide bonds. The average molecular weight is 431 g/mol. The molecule has 1 heterocycles. The van der Waals surface area contributed by atoms with Gasteiger partial charge in [-0.2, -0.15) is 4.99 Å². The molecule has 8 heteroatoms. The third-order valence-corrected chi connectivity index (χ3v) is 5.34. The molecule has 1 aromatic heterocycles. The zero-order valence-electron chi connectivity index (χ0n) is 16.9. The Labute approximate surface area is 177 Å². The van der Waals surface area contributed by atoms with Gasteiger partial charge in [0, 0.05) is 5.56 Å². The van der Waals surface area contributed by atoms with Gasteiger partial charge in [-0.25, -0.2) is 4.39 Å². The number of hydrogen-bond donors (Lipinski definition) is 0. The van der Waals surface area contributed by atoms with Crippen LogP contribution in [0.2, 0.25) is 0 Å². The molecule has 0 saturated carbocycles. The molecule has 0 fully saturated rings. The SMILES string of the molecule is CCCCOc1ccc(C(=O)N=c2sc3cc(F)ccc3n2CC(=O)OCC)cc1. The normalized spacial score (nSPS) is 11.6. The van der Waals surface area contributed by atoms with E-state index in [0.717, 1.165) is 24.2 Å². The zero-order valence-corrected chi connectivity index (χ0v) is 17.7. The number of carbonyl (C=O) groups excluding carboxylic acids is 2. The summed E-state index contributed by atoms with van der Waals surface area (Å²) in [7, 11) is 0. The van der Waals surface area contributed by atoms with Crippen LogP contribution in [0.3, 0.4) is 0 Å². The first kappa shape index (κ1) is 21.7. The largest absolute Gasteiger partial charge is 0.494 e. The maximum absolute atomic E-state index is 13.6. The Bertz CT molecular complexity index is 1100. The molecule has 0 radical (unpaired) electrons. The van der Waals surface area contributed by atoms with Gasteiger partial charge in [0.25, 0.3) is 5.91 Å². The summed E-state index contributed by atoms with van der Waals surface area (Å²) in [5.74, 6) is -0.623. The second-order valence-electron chi connectivity index (χ2n) is 6.53. The van der Waals surface area contributed by atoms with Crippen LogP contribution in [0, 0.1) is 5.82 Å². The molecule has 2 aromatic carbocycles. The first-order chi connectivity index (χ1) is 14.5. The monoisotopic (exact) mass is 430 g/mol. The fourth-order valence-electron chi connectivity index (χ4n) is 2.80. The lowest BCUT2D eigenvalue weighted by atomic mass is 10.2. The van der Waals surface area contributed by atoms with Gasteiger partial charge in [-0.15, -0.1) is 0 Å². The van der Waals surface area contributed by atoms with Crippen molar-refractivity contribution in [3.05, 3.63) is 58.6 Å². The summed E-state index contributed by atoms with van der Waals surface area (Å²) < 4.78 is 26.4. The predicted molar refractivity (Wildman–Crippen MR) is 113 cm³/mol. The number of halogens is 1. The number of amides is 1. The van der Waals surface area contributed by atoms with Crippen molar-refractivity contribution >= 4 is 33.4 Å². The highest BCUT2D eigenvalue weighted by Gasteiger charge is 2.13. The minimum Gasteiger partial charge on any atom is -0.494 e. The van der Waals surface area contributed by atoms with E-state index in [2.05, 4.69) is 11.9 Å². The van der Waals surface area contributed by atoms with E-state index in [1.54, 1.807) is 41.8 Å². The number of rotatable bonds is 8. The highest BCUT2D eigenvalue weighted by Crippen LogP contribution is 2.19. The zero-order chi connectivity index (χ0) is 21.5. The van der Waals surface area contributed by atoms with Crippen molar-refractivity contribution in [3.63, 3.8) is 0 Å². The summed E-state index contributed by atoms with van der Waals surface area (Å²) in [5, 5.41) is 0. The van der Waals surface area contributed by atoms with Crippen LogP contribution < -0.4 is 9.54 Å². The standard InChI is InChI=1S/C22H23FN2O4S/c1-3-5-12-29-17-9-6-15(7-10-17)21(27)24-22-25(14-20(26)28-4-2)18-11-8-16(23)13-19(18)30-22/h6-11,13H,3-5,12,14H2,1-2H3. The van der Waals surface area contributed by atoms with Crippen LogP contribution in [0.4, 0.5) is 4.39 Å². The Hall–Kier alpha value is -3.00. The highest BCUT2D eigenvalue weighted by atomic mass is 32.1. The van der Waals surface area contributed by atoms with Crippen molar-refractivity contribution in [2.45, 2.75) is 33.2 Å². The fraction of sp³-hybridized carbons (Fsp3) is 0.318. The Morgan fingerprint density at radius 2 is 1.90 bits per heavy atom. The van der Waals surface area contributed by atoms with E-state index < -0.39 is 17.7 Å². The van der Waals surface area contributed by atoms with Crippen molar-refractivity contribution in [1.82, 2.24) is 4.57 Å². The van der Waals surface area contributed by atoms with Crippen molar-refractivity contribution < 1.29 is 23.5 Å².